The Balaban J connectivity index is 2.13. The number of nitrogens with one attached hydrogen (secondary N) is 1. The van der Waals surface area contributed by atoms with Gasteiger partial charge in [-0.05, 0) is 37.6 Å². The highest BCUT2D eigenvalue weighted by Crippen LogP contribution is 2.16. The van der Waals surface area contributed by atoms with Crippen LogP contribution in [0.2, 0.25) is 0 Å². The average molecular weight is 370 g/mol. The van der Waals surface area contributed by atoms with Crippen molar-refractivity contribution in [3.63, 3.8) is 0 Å². The third-order valence-corrected chi connectivity index (χ3v) is 3.82. The van der Waals surface area contributed by atoms with Crippen molar-refractivity contribution in [2.75, 3.05) is 26.9 Å². The van der Waals surface area contributed by atoms with Crippen LogP contribution in [-0.2, 0) is 9.47 Å². The summed E-state index contributed by atoms with van der Waals surface area (Å²) in [6, 6.07) is 16.7. The normalized spacial score (nSPS) is 12.3. The number of amides is 1. The number of carbonyl (C=O) groups is 1. The zero-order valence-electron chi connectivity index (χ0n) is 16.0. The molecule has 0 radical (unpaired) electrons. The van der Waals surface area contributed by atoms with Crippen molar-refractivity contribution >= 4 is 11.9 Å². The molecule has 0 unspecified atom stereocenters. The third kappa shape index (κ3) is 6.75. The Morgan fingerprint density at radius 2 is 1.89 bits per heavy atom. The highest BCUT2D eigenvalue weighted by atomic mass is 16.5. The number of benzene rings is 2. The number of rotatable bonds is 8. The maximum Gasteiger partial charge on any atom is 0.292 e. The van der Waals surface area contributed by atoms with E-state index < -0.39 is 0 Å². The summed E-state index contributed by atoms with van der Waals surface area (Å²) in [6.07, 6.45) is 0. The average Bonchev–Trinajstić information content (AvgIpc) is 2.71. The lowest BCUT2D eigenvalue weighted by Crippen LogP contribution is -2.33. The van der Waals surface area contributed by atoms with Crippen LogP contribution >= 0.6 is 0 Å². The fourth-order valence-electron chi connectivity index (χ4n) is 2.36. The van der Waals surface area contributed by atoms with Crippen LogP contribution in [0.15, 0.2) is 59.6 Å². The summed E-state index contributed by atoms with van der Waals surface area (Å²) in [5.74, 6) is 0.292. The predicted molar refractivity (Wildman–Crippen MR) is 105 cm³/mol. The van der Waals surface area contributed by atoms with Crippen LogP contribution in [0.3, 0.4) is 0 Å². The lowest BCUT2D eigenvalue weighted by molar-refractivity contribution is 0.0921. The van der Waals surface area contributed by atoms with Crippen molar-refractivity contribution in [2.24, 2.45) is 4.99 Å². The van der Waals surface area contributed by atoms with E-state index in [0.717, 1.165) is 5.56 Å². The van der Waals surface area contributed by atoms with E-state index in [1.54, 1.807) is 31.4 Å². The molecule has 0 heterocycles. The Morgan fingerprint density at radius 3 is 2.59 bits per heavy atom. The van der Waals surface area contributed by atoms with Crippen molar-refractivity contribution in [2.45, 2.75) is 19.9 Å². The number of amidine groups is 1. The first-order valence-corrected chi connectivity index (χ1v) is 8.92. The molecule has 0 spiro atoms. The first kappa shape index (κ1) is 20.5. The molecular weight excluding hydrogens is 344 g/mol. The second-order valence-corrected chi connectivity index (χ2v) is 5.75. The lowest BCUT2D eigenvalue weighted by atomic mass is 10.1. The Morgan fingerprint density at radius 1 is 1.11 bits per heavy atom. The second-order valence-electron chi connectivity index (χ2n) is 5.75. The molecule has 1 N–H and O–H groups in total. The first-order valence-electron chi connectivity index (χ1n) is 8.92. The number of carbonyl (C=O) groups excluding carboxylic acids is 1. The van der Waals surface area contributed by atoms with E-state index in [-0.39, 0.29) is 18.0 Å². The van der Waals surface area contributed by atoms with E-state index in [2.05, 4.69) is 10.3 Å². The van der Waals surface area contributed by atoms with Gasteiger partial charge in [-0.3, -0.25) is 10.1 Å². The van der Waals surface area contributed by atoms with Crippen molar-refractivity contribution < 1.29 is 19.0 Å². The highest BCUT2D eigenvalue weighted by molar-refractivity contribution is 6.04. The van der Waals surface area contributed by atoms with Crippen LogP contribution in [-0.4, -0.2) is 38.9 Å². The van der Waals surface area contributed by atoms with Gasteiger partial charge in [0.25, 0.3) is 11.9 Å². The van der Waals surface area contributed by atoms with Gasteiger partial charge in [0, 0.05) is 12.2 Å². The molecule has 0 aromatic heterocycles. The van der Waals surface area contributed by atoms with Gasteiger partial charge in [-0.15, -0.1) is 0 Å². The number of aliphatic imine (C=N–C) groups is 1. The molecule has 0 aliphatic rings. The van der Waals surface area contributed by atoms with Gasteiger partial charge in [-0.1, -0.05) is 36.4 Å². The Kier molecular flexibility index (Phi) is 8.32. The van der Waals surface area contributed by atoms with Crippen LogP contribution < -0.4 is 10.1 Å². The number of methoxy groups -OCH3 is 1. The second kappa shape index (κ2) is 11.0. The smallest absolute Gasteiger partial charge is 0.292 e. The molecule has 0 saturated heterocycles. The van der Waals surface area contributed by atoms with Crippen molar-refractivity contribution in [3.05, 3.63) is 65.7 Å². The minimum atomic E-state index is -0.315. The van der Waals surface area contributed by atoms with E-state index >= 15 is 0 Å². The van der Waals surface area contributed by atoms with Gasteiger partial charge in [0.2, 0.25) is 0 Å². The number of nitrogens with zero attached hydrogens (tertiary/aromatic N) is 1. The summed E-state index contributed by atoms with van der Waals surface area (Å²) in [5.41, 5.74) is 1.49. The molecular formula is C21H26N2O4. The minimum Gasteiger partial charge on any atom is -0.497 e. The van der Waals surface area contributed by atoms with E-state index in [1.165, 1.54) is 0 Å². The molecule has 0 bridgehead atoms. The van der Waals surface area contributed by atoms with Gasteiger partial charge in [-0.2, -0.15) is 0 Å². The van der Waals surface area contributed by atoms with Crippen LogP contribution in [0.5, 0.6) is 5.75 Å². The first-order chi connectivity index (χ1) is 13.1. The summed E-state index contributed by atoms with van der Waals surface area (Å²) in [7, 11) is 1.56. The monoisotopic (exact) mass is 370 g/mol. The number of ether oxygens (including phenoxy) is 3. The van der Waals surface area contributed by atoms with Gasteiger partial charge >= 0.3 is 0 Å². The SMILES string of the molecule is CCOCCOC(=N[C@H](C)c1ccccc1)NC(=O)c1cccc(OC)c1. The van der Waals surface area contributed by atoms with Gasteiger partial charge in [-0.25, -0.2) is 4.99 Å². The largest absolute Gasteiger partial charge is 0.497 e. The maximum atomic E-state index is 12.6. The standard InChI is InChI=1S/C21H26N2O4/c1-4-26-13-14-27-21(22-16(2)17-9-6-5-7-10-17)23-20(24)18-11-8-12-19(15-18)25-3/h5-12,15-16H,4,13-14H2,1-3H3,(H,22,23,24)/t16-/m1/s1. The molecule has 0 fully saturated rings. The fourth-order valence-corrected chi connectivity index (χ4v) is 2.36. The topological polar surface area (TPSA) is 69.2 Å². The van der Waals surface area contributed by atoms with E-state index in [1.807, 2.05) is 44.2 Å². The van der Waals surface area contributed by atoms with Gasteiger partial charge < -0.3 is 14.2 Å². The van der Waals surface area contributed by atoms with E-state index in [4.69, 9.17) is 14.2 Å². The number of hydrogen-bond acceptors (Lipinski definition) is 5. The fraction of sp³-hybridized carbons (Fsp3) is 0.333. The van der Waals surface area contributed by atoms with Crippen LogP contribution in [0.25, 0.3) is 0 Å². The summed E-state index contributed by atoms with van der Waals surface area (Å²) in [6.45, 7) is 5.18. The zero-order valence-corrected chi connectivity index (χ0v) is 16.0. The van der Waals surface area contributed by atoms with Crippen molar-refractivity contribution in [3.8, 4) is 5.75 Å². The van der Waals surface area contributed by atoms with Gasteiger partial charge in [0.05, 0.1) is 19.8 Å². The van der Waals surface area contributed by atoms with E-state index in [9.17, 15) is 4.79 Å². The molecule has 2 aromatic rings. The molecule has 1 atom stereocenters. The summed E-state index contributed by atoms with van der Waals surface area (Å²) in [4.78, 5) is 17.1. The summed E-state index contributed by atoms with van der Waals surface area (Å²) in [5, 5.41) is 2.74. The molecule has 27 heavy (non-hydrogen) atoms. The molecule has 2 rings (SSSR count). The van der Waals surface area contributed by atoms with Crippen molar-refractivity contribution in [1.29, 1.82) is 0 Å². The predicted octanol–water partition coefficient (Wildman–Crippen LogP) is 3.60. The summed E-state index contributed by atoms with van der Waals surface area (Å²) < 4.78 is 16.1. The minimum absolute atomic E-state index is 0.166. The van der Waals surface area contributed by atoms with Crippen LogP contribution in [0.4, 0.5) is 0 Å². The van der Waals surface area contributed by atoms with E-state index in [0.29, 0.717) is 31.1 Å². The Bertz CT molecular complexity index is 747. The zero-order chi connectivity index (χ0) is 19.5. The third-order valence-electron chi connectivity index (χ3n) is 3.82. The quantitative estimate of drug-likeness (QED) is 0.438. The van der Waals surface area contributed by atoms with Gasteiger partial charge in [0.15, 0.2) is 0 Å². The van der Waals surface area contributed by atoms with Gasteiger partial charge in [0.1, 0.15) is 12.4 Å². The van der Waals surface area contributed by atoms with Crippen molar-refractivity contribution in [1.82, 2.24) is 5.32 Å². The molecule has 144 valence electrons. The molecule has 0 aliphatic heterocycles. The molecule has 6 nitrogen and oxygen atoms in total. The molecule has 1 amide bonds. The Hall–Kier alpha value is -2.86. The Labute approximate surface area is 160 Å². The van der Waals surface area contributed by atoms with Crippen LogP contribution in [0.1, 0.15) is 35.8 Å². The number of hydrogen-bond donors (Lipinski definition) is 1. The summed E-state index contributed by atoms with van der Waals surface area (Å²) >= 11 is 0. The lowest BCUT2D eigenvalue weighted by Gasteiger charge is -2.14. The van der Waals surface area contributed by atoms with Crippen LogP contribution in [0, 0.1) is 0 Å². The molecule has 0 aliphatic carbocycles. The molecule has 6 heteroatoms. The molecule has 0 saturated carbocycles. The maximum absolute atomic E-state index is 12.6. The highest BCUT2D eigenvalue weighted by Gasteiger charge is 2.13. The molecule has 2 aromatic carbocycles.